The van der Waals surface area contributed by atoms with E-state index in [2.05, 4.69) is 0 Å². The van der Waals surface area contributed by atoms with E-state index in [1.54, 1.807) is 0 Å². The zero-order valence-electron chi connectivity index (χ0n) is 9.83. The van der Waals surface area contributed by atoms with Crippen molar-refractivity contribution in [2.45, 2.75) is 39.4 Å². The van der Waals surface area contributed by atoms with Gasteiger partial charge in [0.25, 0.3) is 0 Å². The van der Waals surface area contributed by atoms with Crippen LogP contribution in [0, 0.1) is 0 Å². The van der Waals surface area contributed by atoms with Crippen molar-refractivity contribution in [3.8, 4) is 0 Å². The summed E-state index contributed by atoms with van der Waals surface area (Å²) in [5, 5.41) is 0. The molecule has 0 N–H and O–H groups in total. The van der Waals surface area contributed by atoms with E-state index in [0.29, 0.717) is 12.8 Å². The van der Waals surface area contributed by atoms with Gasteiger partial charge in [-0.05, 0) is 0 Å². The van der Waals surface area contributed by atoms with Crippen molar-refractivity contribution in [3.05, 3.63) is 0 Å². The Labute approximate surface area is 49.0 Å². The van der Waals surface area contributed by atoms with Gasteiger partial charge in [-0.15, -0.1) is 0 Å². The van der Waals surface area contributed by atoms with Gasteiger partial charge in [-0.3, -0.25) is 0 Å². The molecule has 0 aromatic heterocycles. The average Bonchev–Trinajstić information content (AvgIpc) is 1.76. The Balaban J connectivity index is 3.35. The quantitative estimate of drug-likeness (QED) is 0.469. The summed E-state index contributed by atoms with van der Waals surface area (Å²) in [5.74, 6) is 0. The lowest BCUT2D eigenvalue weighted by Crippen LogP contribution is -1.66. The van der Waals surface area contributed by atoms with Gasteiger partial charge in [0.15, 0.2) is 0 Å². The summed E-state index contributed by atoms with van der Waals surface area (Å²) >= 11 is 0. The molecule has 38 valence electrons. The first-order chi connectivity index (χ1) is 5.21. The summed E-state index contributed by atoms with van der Waals surface area (Å²) in [7, 11) is 0. The molecule has 0 heterocycles. The van der Waals surface area contributed by atoms with Crippen molar-refractivity contribution >= 4 is 0 Å². The lowest BCUT2D eigenvalue weighted by molar-refractivity contribution is 0.702. The maximum Gasteiger partial charge on any atom is 0.0230 e. The first-order valence-corrected chi connectivity index (χ1v) is 2.21. The van der Waals surface area contributed by atoms with Crippen molar-refractivity contribution in [2.75, 3.05) is 0 Å². The molecule has 0 aliphatic heterocycles. The van der Waals surface area contributed by atoms with Crippen molar-refractivity contribution in [3.63, 3.8) is 0 Å². The minimum Gasteiger partial charge on any atom is -0.0654 e. The molecular weight excluding hydrogens is 72.1 g/mol. The van der Waals surface area contributed by atoms with Crippen LogP contribution in [0.25, 0.3) is 0 Å². The highest BCUT2D eigenvalue weighted by atomic mass is 13.8. The molecule has 0 saturated heterocycles. The standard InChI is InChI=1S/C6H14/c1-3-5-6-4-2/h3-6H2,1-2H3/i1D3,2D3. The summed E-state index contributed by atoms with van der Waals surface area (Å²) < 4.78 is 41.2. The molecule has 0 bridgehead atoms. The molecule has 0 aromatic carbocycles. The SMILES string of the molecule is [2H]C([2H])([2H])CCCCC([2H])([2H])[2H]. The van der Waals surface area contributed by atoms with E-state index >= 15 is 0 Å². The second-order valence-corrected chi connectivity index (χ2v) is 1.21. The Morgan fingerprint density at radius 3 is 2.00 bits per heavy atom. The van der Waals surface area contributed by atoms with Gasteiger partial charge < -0.3 is 0 Å². The van der Waals surface area contributed by atoms with E-state index in [1.807, 2.05) is 0 Å². The van der Waals surface area contributed by atoms with Gasteiger partial charge in [0.2, 0.25) is 0 Å². The third-order valence-electron chi connectivity index (χ3n) is 0.604. The van der Waals surface area contributed by atoms with Crippen LogP contribution in [0.1, 0.15) is 47.6 Å². The van der Waals surface area contributed by atoms with E-state index < -0.39 is 13.7 Å². The van der Waals surface area contributed by atoms with Crippen LogP contribution in [-0.2, 0) is 0 Å². The van der Waals surface area contributed by atoms with Gasteiger partial charge >= 0.3 is 0 Å². The summed E-state index contributed by atoms with van der Waals surface area (Å²) in [5.41, 5.74) is 0. The minimum absolute atomic E-state index is 0.114. The van der Waals surface area contributed by atoms with E-state index in [0.717, 1.165) is 0 Å². The average molecular weight is 92.2 g/mol. The third-order valence-corrected chi connectivity index (χ3v) is 0.604. The smallest absolute Gasteiger partial charge is 0.0230 e. The van der Waals surface area contributed by atoms with Gasteiger partial charge in [0, 0.05) is 8.22 Å². The van der Waals surface area contributed by atoms with Crippen molar-refractivity contribution in [1.29, 1.82) is 0 Å². The lowest BCUT2D eigenvalue weighted by atomic mass is 10.2. The number of unbranched alkanes of at least 4 members (excludes halogenated alkanes) is 1. The largest absolute Gasteiger partial charge is 0.0654 e. The van der Waals surface area contributed by atoms with E-state index in [4.69, 9.17) is 8.22 Å². The zero-order chi connectivity index (χ0) is 9.83. The topological polar surface area (TPSA) is 0 Å². The normalized spacial score (nSPS) is 28.0. The number of hydrogen-bond acceptors (Lipinski definition) is 0. The predicted molar refractivity (Wildman–Crippen MR) is 29.8 cm³/mol. The molecule has 0 atom stereocenters. The summed E-state index contributed by atoms with van der Waals surface area (Å²) in [4.78, 5) is 0. The molecule has 0 amide bonds. The number of hydrogen-bond donors (Lipinski definition) is 0. The van der Waals surface area contributed by atoms with Crippen LogP contribution in [0.15, 0.2) is 0 Å². The van der Waals surface area contributed by atoms with Crippen LogP contribution in [0.4, 0.5) is 0 Å². The van der Waals surface area contributed by atoms with E-state index in [9.17, 15) is 0 Å². The van der Waals surface area contributed by atoms with Crippen molar-refractivity contribution in [1.82, 2.24) is 0 Å². The van der Waals surface area contributed by atoms with Gasteiger partial charge in [-0.25, -0.2) is 0 Å². The Bertz CT molecular complexity index is 105. The maximum atomic E-state index is 6.86. The molecule has 0 rings (SSSR count). The molecule has 0 aromatic rings. The second-order valence-electron chi connectivity index (χ2n) is 1.21. The van der Waals surface area contributed by atoms with Crippen molar-refractivity contribution < 1.29 is 8.22 Å². The Morgan fingerprint density at radius 1 is 1.17 bits per heavy atom. The molecule has 0 aliphatic carbocycles. The first kappa shape index (κ1) is 1.24. The van der Waals surface area contributed by atoms with Crippen LogP contribution in [-0.4, -0.2) is 0 Å². The molecular formula is C6H14. The van der Waals surface area contributed by atoms with E-state index in [-0.39, 0.29) is 12.8 Å². The van der Waals surface area contributed by atoms with E-state index in [1.165, 1.54) is 0 Å². The minimum atomic E-state index is -1.91. The Hall–Kier alpha value is 0. The van der Waals surface area contributed by atoms with Crippen molar-refractivity contribution in [2.24, 2.45) is 0 Å². The Morgan fingerprint density at radius 2 is 1.67 bits per heavy atom. The molecule has 0 unspecified atom stereocenters. The molecule has 0 nitrogen and oxygen atoms in total. The molecule has 6 heavy (non-hydrogen) atoms. The summed E-state index contributed by atoms with van der Waals surface area (Å²) in [6.07, 6.45) is 1.16. The number of rotatable bonds is 3. The maximum absolute atomic E-state index is 6.86. The molecule has 0 spiro atoms. The fourth-order valence-electron chi connectivity index (χ4n) is 0.250. The van der Waals surface area contributed by atoms with Crippen LogP contribution < -0.4 is 0 Å². The third kappa shape index (κ3) is 4.00. The fourth-order valence-corrected chi connectivity index (χ4v) is 0.250. The van der Waals surface area contributed by atoms with Gasteiger partial charge in [-0.2, -0.15) is 0 Å². The predicted octanol–water partition coefficient (Wildman–Crippen LogP) is 2.59. The molecule has 0 fully saturated rings. The molecule has 0 aliphatic rings. The van der Waals surface area contributed by atoms with Gasteiger partial charge in [0.1, 0.15) is 0 Å². The first-order valence-electron chi connectivity index (χ1n) is 5.21. The van der Waals surface area contributed by atoms with Gasteiger partial charge in [0.05, 0.1) is 0 Å². The van der Waals surface area contributed by atoms with Crippen LogP contribution in [0.3, 0.4) is 0 Å². The highest BCUT2D eigenvalue weighted by molar-refractivity contribution is 4.31. The molecule has 0 saturated carbocycles. The fraction of sp³-hybridized carbons (Fsp3) is 1.00. The second kappa shape index (κ2) is 5.00. The molecule has 0 heteroatoms. The Kier molecular flexibility index (Phi) is 1.03. The highest BCUT2D eigenvalue weighted by Crippen LogP contribution is 1.95. The van der Waals surface area contributed by atoms with Gasteiger partial charge in [-0.1, -0.05) is 39.4 Å². The van der Waals surface area contributed by atoms with Crippen LogP contribution >= 0.6 is 0 Å². The van der Waals surface area contributed by atoms with Crippen LogP contribution in [0.2, 0.25) is 0 Å². The summed E-state index contributed by atoms with van der Waals surface area (Å²) in [6, 6.07) is 0. The zero-order valence-corrected chi connectivity index (χ0v) is 3.83. The lowest BCUT2D eigenvalue weighted by Gasteiger charge is -1.86. The van der Waals surface area contributed by atoms with Crippen LogP contribution in [0.5, 0.6) is 0 Å². The monoisotopic (exact) mass is 92.1 g/mol. The molecule has 0 radical (unpaired) electrons. The summed E-state index contributed by atoms with van der Waals surface area (Å²) in [6.45, 7) is -3.82. The highest BCUT2D eigenvalue weighted by Gasteiger charge is 1.75.